The van der Waals surface area contributed by atoms with E-state index in [1.165, 1.54) is 0 Å². The topological polar surface area (TPSA) is 41.6 Å². The lowest BCUT2D eigenvalue weighted by atomic mass is 10.6. The van der Waals surface area contributed by atoms with Gasteiger partial charge in [-0.2, -0.15) is 5.26 Å². The Bertz CT molecular complexity index is 248. The zero-order valence-electron chi connectivity index (χ0n) is 5.29. The first-order valence-corrected chi connectivity index (χ1v) is 3.39. The maximum Gasteiger partial charge on any atom is 0.212 e. The molecule has 0 aliphatic carbocycles. The van der Waals surface area contributed by atoms with E-state index in [4.69, 9.17) is 16.9 Å². The molecule has 0 bridgehead atoms. The van der Waals surface area contributed by atoms with Gasteiger partial charge in [0.1, 0.15) is 6.07 Å². The minimum atomic E-state index is 0.417. The molecule has 0 N–H and O–H groups in total. The summed E-state index contributed by atoms with van der Waals surface area (Å²) in [5, 5.41) is 8.46. The van der Waals surface area contributed by atoms with Crippen molar-refractivity contribution in [1.29, 1.82) is 5.26 Å². The Hall–Kier alpha value is -1.01. The zero-order chi connectivity index (χ0) is 7.40. The van der Waals surface area contributed by atoms with E-state index in [2.05, 4.69) is 4.98 Å². The number of imidazole rings is 1. The molecule has 1 aromatic heterocycles. The molecule has 10 heavy (non-hydrogen) atoms. The normalized spacial score (nSPS) is 9.20. The van der Waals surface area contributed by atoms with Crippen LogP contribution in [-0.4, -0.2) is 15.4 Å². The van der Waals surface area contributed by atoms with E-state index >= 15 is 0 Å². The van der Waals surface area contributed by atoms with E-state index in [1.54, 1.807) is 17.0 Å². The minimum Gasteiger partial charge on any atom is -0.321 e. The van der Waals surface area contributed by atoms with Crippen LogP contribution in [0.3, 0.4) is 0 Å². The monoisotopic (exact) mass is 155 g/mol. The summed E-state index contributed by atoms with van der Waals surface area (Å²) in [6.07, 6.45) is 3.33. The fraction of sp³-hybridized carbons (Fsp3) is 0.333. The number of nitriles is 1. The third kappa shape index (κ3) is 1.28. The average molecular weight is 156 g/mol. The smallest absolute Gasteiger partial charge is 0.212 e. The second-order valence-corrected chi connectivity index (χ2v) is 2.12. The summed E-state index contributed by atoms with van der Waals surface area (Å²) in [5.74, 6) is 0.922. The molecule has 3 nitrogen and oxygen atoms in total. The molecule has 0 radical (unpaired) electrons. The number of halogens is 1. The molecule has 1 heterocycles. The molecule has 52 valence electrons. The highest BCUT2D eigenvalue weighted by Crippen LogP contribution is 1.95. The summed E-state index contributed by atoms with van der Waals surface area (Å²) in [6.45, 7) is 0.643. The lowest BCUT2D eigenvalue weighted by Gasteiger charge is -1.96. The minimum absolute atomic E-state index is 0.417. The van der Waals surface area contributed by atoms with E-state index in [-0.39, 0.29) is 0 Å². The van der Waals surface area contributed by atoms with Crippen molar-refractivity contribution in [3.05, 3.63) is 18.2 Å². The van der Waals surface area contributed by atoms with Crippen molar-refractivity contribution in [3.63, 3.8) is 0 Å². The first kappa shape index (κ1) is 7.10. The number of aryl methyl sites for hydroxylation is 1. The van der Waals surface area contributed by atoms with Crippen molar-refractivity contribution >= 4 is 11.6 Å². The highest BCUT2D eigenvalue weighted by molar-refractivity contribution is 6.17. The van der Waals surface area contributed by atoms with Gasteiger partial charge in [0.25, 0.3) is 0 Å². The molecule has 4 heteroatoms. The van der Waals surface area contributed by atoms with Crippen LogP contribution in [0, 0.1) is 11.3 Å². The highest BCUT2D eigenvalue weighted by Gasteiger charge is 1.97. The number of hydrogen-bond donors (Lipinski definition) is 0. The van der Waals surface area contributed by atoms with Crippen LogP contribution in [0.15, 0.2) is 12.4 Å². The number of aromatic nitrogens is 2. The van der Waals surface area contributed by atoms with E-state index in [0.29, 0.717) is 18.2 Å². The molecule has 0 amide bonds. The maximum absolute atomic E-state index is 8.46. The third-order valence-electron chi connectivity index (χ3n) is 1.14. The maximum atomic E-state index is 8.46. The summed E-state index contributed by atoms with van der Waals surface area (Å²) in [6, 6.07) is 1.95. The first-order valence-electron chi connectivity index (χ1n) is 2.85. The van der Waals surface area contributed by atoms with Crippen molar-refractivity contribution in [2.75, 3.05) is 5.88 Å². The van der Waals surface area contributed by atoms with Gasteiger partial charge in [0.15, 0.2) is 0 Å². The molecule has 0 saturated carbocycles. The molecule has 0 saturated heterocycles. The van der Waals surface area contributed by atoms with Gasteiger partial charge in [0, 0.05) is 24.8 Å². The molecular weight excluding hydrogens is 150 g/mol. The van der Waals surface area contributed by atoms with Gasteiger partial charge < -0.3 is 4.57 Å². The van der Waals surface area contributed by atoms with Gasteiger partial charge in [-0.15, -0.1) is 11.6 Å². The second kappa shape index (κ2) is 3.23. The number of rotatable bonds is 2. The van der Waals surface area contributed by atoms with Crippen molar-refractivity contribution < 1.29 is 0 Å². The fourth-order valence-electron chi connectivity index (χ4n) is 0.694. The van der Waals surface area contributed by atoms with Crippen molar-refractivity contribution in [1.82, 2.24) is 9.55 Å². The summed E-state index contributed by atoms with van der Waals surface area (Å²) in [7, 11) is 0. The van der Waals surface area contributed by atoms with Crippen LogP contribution < -0.4 is 0 Å². The molecule has 1 rings (SSSR count). The predicted octanol–water partition coefficient (Wildman–Crippen LogP) is 0.994. The molecule has 0 aliphatic rings. The Morgan fingerprint density at radius 1 is 1.80 bits per heavy atom. The summed E-state index contributed by atoms with van der Waals surface area (Å²) < 4.78 is 1.72. The Balaban J connectivity index is 2.82. The van der Waals surface area contributed by atoms with Crippen LogP contribution >= 0.6 is 11.6 Å². The zero-order valence-corrected chi connectivity index (χ0v) is 6.04. The van der Waals surface area contributed by atoms with Gasteiger partial charge in [0.05, 0.1) is 0 Å². The first-order chi connectivity index (χ1) is 4.88. The van der Waals surface area contributed by atoms with E-state index in [1.807, 2.05) is 6.07 Å². The Labute approximate surface area is 63.9 Å². The molecule has 0 atom stereocenters. The van der Waals surface area contributed by atoms with Gasteiger partial charge in [0.2, 0.25) is 5.82 Å². The van der Waals surface area contributed by atoms with Crippen molar-refractivity contribution in [3.8, 4) is 6.07 Å². The van der Waals surface area contributed by atoms with Gasteiger partial charge in [-0.05, 0) is 0 Å². The largest absolute Gasteiger partial charge is 0.321 e. The summed E-state index contributed by atoms with van der Waals surface area (Å²) in [4.78, 5) is 3.80. The number of nitrogens with zero attached hydrogens (tertiary/aromatic N) is 3. The van der Waals surface area contributed by atoms with Gasteiger partial charge in [-0.25, -0.2) is 4.98 Å². The molecule has 0 unspecified atom stereocenters. The molecular formula is C6H6ClN3. The van der Waals surface area contributed by atoms with E-state index in [9.17, 15) is 0 Å². The summed E-state index contributed by atoms with van der Waals surface area (Å²) >= 11 is 5.46. The van der Waals surface area contributed by atoms with E-state index in [0.717, 1.165) is 0 Å². The van der Waals surface area contributed by atoms with Crippen LogP contribution in [0.25, 0.3) is 0 Å². The molecule has 0 aromatic carbocycles. The quantitative estimate of drug-likeness (QED) is 0.598. The molecule has 1 aromatic rings. The molecule has 0 fully saturated rings. The van der Waals surface area contributed by atoms with Gasteiger partial charge >= 0.3 is 0 Å². The third-order valence-corrected chi connectivity index (χ3v) is 1.31. The van der Waals surface area contributed by atoms with Crippen molar-refractivity contribution in [2.45, 2.75) is 6.54 Å². The van der Waals surface area contributed by atoms with Gasteiger partial charge in [-0.1, -0.05) is 0 Å². The van der Waals surface area contributed by atoms with E-state index < -0.39 is 0 Å². The van der Waals surface area contributed by atoms with Crippen LogP contribution in [0.5, 0.6) is 0 Å². The lowest BCUT2D eigenvalue weighted by molar-refractivity contribution is 0.753. The average Bonchev–Trinajstić information content (AvgIpc) is 2.36. The fourth-order valence-corrected chi connectivity index (χ4v) is 0.876. The lowest BCUT2D eigenvalue weighted by Crippen LogP contribution is -2.00. The van der Waals surface area contributed by atoms with Crippen molar-refractivity contribution in [2.24, 2.45) is 0 Å². The number of hydrogen-bond acceptors (Lipinski definition) is 2. The van der Waals surface area contributed by atoms with Gasteiger partial charge in [-0.3, -0.25) is 0 Å². The standard InChI is InChI=1S/C6H6ClN3/c7-1-3-10-4-2-9-6(10)5-8/h2,4H,1,3H2. The van der Waals surface area contributed by atoms with Crippen LogP contribution in [0.2, 0.25) is 0 Å². The highest BCUT2D eigenvalue weighted by atomic mass is 35.5. The number of alkyl halides is 1. The Morgan fingerprint density at radius 2 is 2.60 bits per heavy atom. The summed E-state index contributed by atoms with van der Waals surface area (Å²) in [5.41, 5.74) is 0. The Morgan fingerprint density at radius 3 is 3.20 bits per heavy atom. The van der Waals surface area contributed by atoms with Crippen LogP contribution in [0.4, 0.5) is 0 Å². The predicted molar refractivity (Wildman–Crippen MR) is 37.7 cm³/mol. The van der Waals surface area contributed by atoms with Crippen LogP contribution in [0.1, 0.15) is 5.82 Å². The molecule has 0 spiro atoms. The van der Waals surface area contributed by atoms with Crippen LogP contribution in [-0.2, 0) is 6.54 Å². The SMILES string of the molecule is N#Cc1nccn1CCCl. The molecule has 0 aliphatic heterocycles. The Kier molecular flexibility index (Phi) is 2.30. The second-order valence-electron chi connectivity index (χ2n) is 1.75.